The maximum Gasteiger partial charge on any atom is 0.176 e. The van der Waals surface area contributed by atoms with Gasteiger partial charge in [0.1, 0.15) is 0 Å². The molecule has 1 heterocycles. The number of nitrogens with zero attached hydrogens (tertiary/aromatic N) is 1. The van der Waals surface area contributed by atoms with Crippen LogP contribution in [0.3, 0.4) is 0 Å². The van der Waals surface area contributed by atoms with Crippen molar-refractivity contribution in [2.75, 3.05) is 19.6 Å². The van der Waals surface area contributed by atoms with Gasteiger partial charge in [-0.05, 0) is 53.6 Å². The Morgan fingerprint density at radius 3 is 2.71 bits per heavy atom. The van der Waals surface area contributed by atoms with Crippen molar-refractivity contribution < 1.29 is 4.79 Å². The Labute approximate surface area is 117 Å². The Balaban J connectivity index is 1.91. The van der Waals surface area contributed by atoms with Crippen LogP contribution in [0.5, 0.6) is 0 Å². The topological polar surface area (TPSA) is 20.3 Å². The van der Waals surface area contributed by atoms with Crippen LogP contribution in [0.2, 0.25) is 0 Å². The van der Waals surface area contributed by atoms with E-state index in [2.05, 4.69) is 34.4 Å². The highest BCUT2D eigenvalue weighted by Gasteiger charge is 2.22. The van der Waals surface area contributed by atoms with E-state index in [1.54, 1.807) is 0 Å². The average Bonchev–Trinajstić information content (AvgIpc) is 2.77. The molecule has 1 atom stereocenters. The SMILES string of the molecule is CCC1CCN(CC(=O)c2ccc(I)cc2)C1. The van der Waals surface area contributed by atoms with E-state index in [0.717, 1.165) is 24.6 Å². The van der Waals surface area contributed by atoms with Crippen molar-refractivity contribution >= 4 is 28.4 Å². The normalized spacial score (nSPS) is 20.7. The molecule has 1 fully saturated rings. The first kappa shape index (κ1) is 13.0. The number of ketones is 1. The fourth-order valence-corrected chi connectivity index (χ4v) is 2.68. The summed E-state index contributed by atoms with van der Waals surface area (Å²) in [5.74, 6) is 1.04. The lowest BCUT2D eigenvalue weighted by atomic mass is 10.1. The molecule has 0 amide bonds. The Kier molecular flexibility index (Phi) is 4.56. The molecule has 0 saturated carbocycles. The molecule has 0 N–H and O–H groups in total. The van der Waals surface area contributed by atoms with E-state index in [1.165, 1.54) is 16.4 Å². The number of benzene rings is 1. The minimum absolute atomic E-state index is 0.248. The molecular formula is C14H18INO. The van der Waals surface area contributed by atoms with Crippen LogP contribution >= 0.6 is 22.6 Å². The zero-order valence-electron chi connectivity index (χ0n) is 10.2. The Hall–Kier alpha value is -0.420. The van der Waals surface area contributed by atoms with Gasteiger partial charge in [0.2, 0.25) is 0 Å². The second kappa shape index (κ2) is 5.96. The molecule has 0 spiro atoms. The van der Waals surface area contributed by atoms with Gasteiger partial charge < -0.3 is 0 Å². The number of carbonyl (C=O) groups excluding carboxylic acids is 1. The molecule has 1 saturated heterocycles. The highest BCUT2D eigenvalue weighted by molar-refractivity contribution is 14.1. The van der Waals surface area contributed by atoms with E-state index in [9.17, 15) is 4.79 Å². The summed E-state index contributed by atoms with van der Waals surface area (Å²) in [4.78, 5) is 14.3. The predicted molar refractivity (Wildman–Crippen MR) is 78.3 cm³/mol. The fraction of sp³-hybridized carbons (Fsp3) is 0.500. The van der Waals surface area contributed by atoms with Gasteiger partial charge in [-0.3, -0.25) is 9.69 Å². The smallest absolute Gasteiger partial charge is 0.176 e. The first-order valence-corrected chi connectivity index (χ1v) is 7.28. The quantitative estimate of drug-likeness (QED) is 0.618. The maximum absolute atomic E-state index is 12.1. The van der Waals surface area contributed by atoms with Gasteiger partial charge in [0.15, 0.2) is 5.78 Å². The lowest BCUT2D eigenvalue weighted by Gasteiger charge is -2.14. The molecule has 0 aromatic heterocycles. The third kappa shape index (κ3) is 3.52. The molecule has 1 aliphatic heterocycles. The number of carbonyl (C=O) groups is 1. The van der Waals surface area contributed by atoms with Crippen molar-refractivity contribution in [3.05, 3.63) is 33.4 Å². The minimum atomic E-state index is 0.248. The van der Waals surface area contributed by atoms with Crippen LogP contribution in [0.25, 0.3) is 0 Å². The Morgan fingerprint density at radius 1 is 1.41 bits per heavy atom. The lowest BCUT2D eigenvalue weighted by molar-refractivity contribution is 0.0943. The van der Waals surface area contributed by atoms with Gasteiger partial charge in [0.25, 0.3) is 0 Å². The molecule has 1 unspecified atom stereocenters. The summed E-state index contributed by atoms with van der Waals surface area (Å²) in [5.41, 5.74) is 0.838. The monoisotopic (exact) mass is 343 g/mol. The molecule has 0 radical (unpaired) electrons. The highest BCUT2D eigenvalue weighted by atomic mass is 127. The number of hydrogen-bond donors (Lipinski definition) is 0. The number of halogens is 1. The van der Waals surface area contributed by atoms with Crippen molar-refractivity contribution in [3.63, 3.8) is 0 Å². The molecule has 1 aliphatic rings. The minimum Gasteiger partial charge on any atom is -0.296 e. The van der Waals surface area contributed by atoms with Crippen LogP contribution in [0, 0.1) is 9.49 Å². The van der Waals surface area contributed by atoms with Crippen LogP contribution in [-0.2, 0) is 0 Å². The van der Waals surface area contributed by atoms with E-state index < -0.39 is 0 Å². The van der Waals surface area contributed by atoms with E-state index in [-0.39, 0.29) is 5.78 Å². The van der Waals surface area contributed by atoms with Crippen LogP contribution < -0.4 is 0 Å². The summed E-state index contributed by atoms with van der Waals surface area (Å²) in [6.45, 7) is 4.98. The first-order valence-electron chi connectivity index (χ1n) is 6.20. The molecule has 2 rings (SSSR count). The average molecular weight is 343 g/mol. The van der Waals surface area contributed by atoms with E-state index in [0.29, 0.717) is 6.54 Å². The van der Waals surface area contributed by atoms with Crippen molar-refractivity contribution in [2.24, 2.45) is 5.92 Å². The Bertz CT molecular complexity index is 388. The van der Waals surface area contributed by atoms with Crippen molar-refractivity contribution in [1.29, 1.82) is 0 Å². The molecule has 17 heavy (non-hydrogen) atoms. The third-order valence-corrected chi connectivity index (χ3v) is 4.20. The number of Topliss-reactive ketones (excluding diaryl/α,β-unsaturated/α-hetero) is 1. The lowest BCUT2D eigenvalue weighted by Crippen LogP contribution is -2.27. The van der Waals surface area contributed by atoms with E-state index in [1.807, 2.05) is 24.3 Å². The number of likely N-dealkylation sites (tertiary alicyclic amines) is 1. The number of rotatable bonds is 4. The van der Waals surface area contributed by atoms with Gasteiger partial charge in [-0.25, -0.2) is 0 Å². The summed E-state index contributed by atoms with van der Waals surface area (Å²) in [6, 6.07) is 7.84. The summed E-state index contributed by atoms with van der Waals surface area (Å²) < 4.78 is 1.17. The van der Waals surface area contributed by atoms with E-state index in [4.69, 9.17) is 0 Å². The number of hydrogen-bond acceptors (Lipinski definition) is 2. The largest absolute Gasteiger partial charge is 0.296 e. The molecule has 92 valence electrons. The van der Waals surface area contributed by atoms with Crippen molar-refractivity contribution in [1.82, 2.24) is 4.90 Å². The molecule has 1 aromatic rings. The second-order valence-corrected chi connectivity index (χ2v) is 5.97. The molecule has 0 bridgehead atoms. The molecule has 0 aliphatic carbocycles. The predicted octanol–water partition coefficient (Wildman–Crippen LogP) is 3.21. The van der Waals surface area contributed by atoms with Gasteiger partial charge in [-0.15, -0.1) is 0 Å². The van der Waals surface area contributed by atoms with Crippen LogP contribution in [-0.4, -0.2) is 30.3 Å². The first-order chi connectivity index (χ1) is 8.19. The summed E-state index contributed by atoms with van der Waals surface area (Å²) in [7, 11) is 0. The molecular weight excluding hydrogens is 325 g/mol. The zero-order chi connectivity index (χ0) is 12.3. The van der Waals surface area contributed by atoms with Gasteiger partial charge in [-0.2, -0.15) is 0 Å². The summed E-state index contributed by atoms with van der Waals surface area (Å²) >= 11 is 2.26. The van der Waals surface area contributed by atoms with Crippen molar-refractivity contribution in [3.8, 4) is 0 Å². The highest BCUT2D eigenvalue weighted by Crippen LogP contribution is 2.19. The Morgan fingerprint density at radius 2 is 2.12 bits per heavy atom. The van der Waals surface area contributed by atoms with Gasteiger partial charge in [0.05, 0.1) is 6.54 Å². The van der Waals surface area contributed by atoms with Crippen LogP contribution in [0.15, 0.2) is 24.3 Å². The van der Waals surface area contributed by atoms with Crippen molar-refractivity contribution in [2.45, 2.75) is 19.8 Å². The zero-order valence-corrected chi connectivity index (χ0v) is 12.3. The third-order valence-electron chi connectivity index (χ3n) is 3.48. The summed E-state index contributed by atoms with van der Waals surface area (Å²) in [5, 5.41) is 0. The van der Waals surface area contributed by atoms with Gasteiger partial charge in [0, 0.05) is 15.7 Å². The fourth-order valence-electron chi connectivity index (χ4n) is 2.32. The molecule has 1 aromatic carbocycles. The van der Waals surface area contributed by atoms with E-state index >= 15 is 0 Å². The van der Waals surface area contributed by atoms with Gasteiger partial charge >= 0.3 is 0 Å². The second-order valence-electron chi connectivity index (χ2n) is 4.73. The molecule has 3 heteroatoms. The molecule has 2 nitrogen and oxygen atoms in total. The van der Waals surface area contributed by atoms with Crippen LogP contribution in [0.4, 0.5) is 0 Å². The van der Waals surface area contributed by atoms with Gasteiger partial charge in [-0.1, -0.05) is 25.5 Å². The standard InChI is InChI=1S/C14H18INO/c1-2-11-7-8-16(9-11)10-14(17)12-3-5-13(15)6-4-12/h3-6,11H,2,7-10H2,1H3. The maximum atomic E-state index is 12.1. The van der Waals surface area contributed by atoms with Crippen LogP contribution in [0.1, 0.15) is 30.1 Å². The summed E-state index contributed by atoms with van der Waals surface area (Å²) in [6.07, 6.45) is 2.48.